The molecule has 2 heterocycles. The summed E-state index contributed by atoms with van der Waals surface area (Å²) in [6, 6.07) is 8.65. The molecule has 0 spiro atoms. The number of fused-ring (bicyclic) bond motifs is 1. The summed E-state index contributed by atoms with van der Waals surface area (Å²) >= 11 is 6.28. The zero-order chi connectivity index (χ0) is 12.5. The highest BCUT2D eigenvalue weighted by molar-refractivity contribution is 6.31. The number of Topliss-reactive ketones (excluding diaryl/α,β-unsaturated/α-hetero) is 1. The Labute approximate surface area is 113 Å². The van der Waals surface area contributed by atoms with E-state index in [9.17, 15) is 4.79 Å². The van der Waals surface area contributed by atoms with Crippen LogP contribution in [0.2, 0.25) is 5.02 Å². The highest BCUT2D eigenvalue weighted by Gasteiger charge is 2.33. The normalized spacial score (nSPS) is 29.1. The van der Waals surface area contributed by atoms with Crippen molar-refractivity contribution in [3.05, 3.63) is 34.9 Å². The lowest BCUT2D eigenvalue weighted by atomic mass is 9.83. The summed E-state index contributed by atoms with van der Waals surface area (Å²) in [6.45, 7) is 1.99. The van der Waals surface area contributed by atoms with Gasteiger partial charge in [0.2, 0.25) is 0 Å². The number of ketones is 1. The maximum absolute atomic E-state index is 11.5. The summed E-state index contributed by atoms with van der Waals surface area (Å²) in [5.41, 5.74) is 1.27. The molecule has 2 aliphatic heterocycles. The van der Waals surface area contributed by atoms with Crippen LogP contribution in [-0.4, -0.2) is 29.8 Å². The van der Waals surface area contributed by atoms with Gasteiger partial charge in [0.25, 0.3) is 0 Å². The number of rotatable bonds is 1. The molecule has 0 unspecified atom stereocenters. The molecule has 3 rings (SSSR count). The zero-order valence-electron chi connectivity index (χ0n) is 10.4. The number of hydrogen-bond donors (Lipinski definition) is 0. The topological polar surface area (TPSA) is 20.3 Å². The van der Waals surface area contributed by atoms with Crippen LogP contribution in [0.1, 0.15) is 37.2 Å². The molecule has 0 radical (unpaired) electrons. The Kier molecular flexibility index (Phi) is 3.40. The van der Waals surface area contributed by atoms with Crippen molar-refractivity contribution in [2.45, 2.75) is 37.6 Å². The Morgan fingerprint density at radius 2 is 2.06 bits per heavy atom. The summed E-state index contributed by atoms with van der Waals surface area (Å²) in [7, 11) is 0. The Bertz CT molecular complexity index is 460. The van der Waals surface area contributed by atoms with E-state index in [0.717, 1.165) is 43.8 Å². The molecule has 1 aromatic carbocycles. The molecule has 0 N–H and O–H groups in total. The van der Waals surface area contributed by atoms with Crippen molar-refractivity contribution in [2.75, 3.05) is 13.1 Å². The van der Waals surface area contributed by atoms with Crippen LogP contribution >= 0.6 is 11.6 Å². The molecule has 96 valence electrons. The van der Waals surface area contributed by atoms with Crippen molar-refractivity contribution in [1.82, 2.24) is 4.90 Å². The van der Waals surface area contributed by atoms with Crippen molar-refractivity contribution in [3.63, 3.8) is 0 Å². The largest absolute Gasteiger partial charge is 0.300 e. The van der Waals surface area contributed by atoms with E-state index < -0.39 is 0 Å². The molecule has 0 saturated carbocycles. The molecule has 3 heteroatoms. The third-order valence-corrected chi connectivity index (χ3v) is 4.65. The van der Waals surface area contributed by atoms with E-state index in [-0.39, 0.29) is 0 Å². The average molecular weight is 264 g/mol. The second kappa shape index (κ2) is 5.02. The molecule has 0 amide bonds. The van der Waals surface area contributed by atoms with Gasteiger partial charge in [-0.15, -0.1) is 0 Å². The SMILES string of the molecule is O=C1CCN2C[C@H](c3ccccc3Cl)CC[C@H]2C1. The smallest absolute Gasteiger partial charge is 0.135 e. The van der Waals surface area contributed by atoms with Crippen molar-refractivity contribution < 1.29 is 4.79 Å². The summed E-state index contributed by atoms with van der Waals surface area (Å²) < 4.78 is 0. The fourth-order valence-electron chi connectivity index (χ4n) is 3.30. The number of carbonyl (C=O) groups is 1. The Balaban J connectivity index is 1.75. The number of hydrogen-bond acceptors (Lipinski definition) is 2. The first kappa shape index (κ1) is 12.2. The van der Waals surface area contributed by atoms with Crippen molar-refractivity contribution in [3.8, 4) is 0 Å². The number of halogens is 1. The van der Waals surface area contributed by atoms with E-state index in [1.807, 2.05) is 12.1 Å². The average Bonchev–Trinajstić information content (AvgIpc) is 2.39. The minimum atomic E-state index is 0.437. The van der Waals surface area contributed by atoms with Gasteiger partial charge in [0.05, 0.1) is 0 Å². The third-order valence-electron chi connectivity index (χ3n) is 4.31. The Morgan fingerprint density at radius 1 is 1.22 bits per heavy atom. The van der Waals surface area contributed by atoms with E-state index >= 15 is 0 Å². The summed E-state index contributed by atoms with van der Waals surface area (Å²) in [4.78, 5) is 14.0. The van der Waals surface area contributed by atoms with Crippen LogP contribution in [0.3, 0.4) is 0 Å². The molecular formula is C15H18ClNO. The van der Waals surface area contributed by atoms with Crippen LogP contribution in [0.5, 0.6) is 0 Å². The van der Waals surface area contributed by atoms with E-state index in [2.05, 4.69) is 17.0 Å². The highest BCUT2D eigenvalue weighted by atomic mass is 35.5. The first-order chi connectivity index (χ1) is 8.74. The maximum atomic E-state index is 11.5. The molecule has 18 heavy (non-hydrogen) atoms. The van der Waals surface area contributed by atoms with Gasteiger partial charge in [-0.3, -0.25) is 9.69 Å². The Hall–Kier alpha value is -0.860. The van der Waals surface area contributed by atoms with Crippen LogP contribution in [-0.2, 0) is 4.79 Å². The molecule has 2 fully saturated rings. The fourth-order valence-corrected chi connectivity index (χ4v) is 3.59. The number of benzene rings is 1. The molecule has 0 aliphatic carbocycles. The first-order valence-corrected chi connectivity index (χ1v) is 7.12. The van der Waals surface area contributed by atoms with Crippen molar-refractivity contribution >= 4 is 17.4 Å². The maximum Gasteiger partial charge on any atom is 0.135 e. The monoisotopic (exact) mass is 263 g/mol. The summed E-state index contributed by atoms with van der Waals surface area (Å²) in [5, 5.41) is 0.883. The zero-order valence-corrected chi connectivity index (χ0v) is 11.2. The molecule has 1 aromatic rings. The summed E-state index contributed by atoms with van der Waals surface area (Å²) in [5.74, 6) is 0.968. The van der Waals surface area contributed by atoms with Gasteiger partial charge >= 0.3 is 0 Å². The van der Waals surface area contributed by atoms with Crippen LogP contribution in [0, 0.1) is 0 Å². The minimum absolute atomic E-state index is 0.437. The van der Waals surface area contributed by atoms with Crippen molar-refractivity contribution in [1.29, 1.82) is 0 Å². The lowest BCUT2D eigenvalue weighted by molar-refractivity contribution is -0.124. The number of nitrogens with zero attached hydrogens (tertiary/aromatic N) is 1. The van der Waals surface area contributed by atoms with Gasteiger partial charge in [-0.1, -0.05) is 29.8 Å². The van der Waals surface area contributed by atoms with Gasteiger partial charge in [-0.25, -0.2) is 0 Å². The molecule has 2 saturated heterocycles. The molecule has 2 aliphatic rings. The second-order valence-corrected chi connectivity index (χ2v) is 5.84. The quantitative estimate of drug-likeness (QED) is 0.775. The van der Waals surface area contributed by atoms with Crippen LogP contribution in [0.25, 0.3) is 0 Å². The predicted molar refractivity (Wildman–Crippen MR) is 73.0 cm³/mol. The molecule has 0 bridgehead atoms. The van der Waals surface area contributed by atoms with E-state index in [1.54, 1.807) is 0 Å². The highest BCUT2D eigenvalue weighted by Crippen LogP contribution is 2.35. The van der Waals surface area contributed by atoms with Gasteiger partial charge in [0.15, 0.2) is 0 Å². The summed E-state index contributed by atoms with van der Waals surface area (Å²) in [6.07, 6.45) is 3.76. The van der Waals surface area contributed by atoms with Crippen LogP contribution in [0.15, 0.2) is 24.3 Å². The van der Waals surface area contributed by atoms with Crippen molar-refractivity contribution in [2.24, 2.45) is 0 Å². The fraction of sp³-hybridized carbons (Fsp3) is 0.533. The molecular weight excluding hydrogens is 246 g/mol. The molecule has 2 nitrogen and oxygen atoms in total. The second-order valence-electron chi connectivity index (χ2n) is 5.44. The lowest BCUT2D eigenvalue weighted by Gasteiger charge is -2.42. The Morgan fingerprint density at radius 3 is 2.89 bits per heavy atom. The number of carbonyl (C=O) groups excluding carboxylic acids is 1. The number of piperidine rings is 2. The van der Waals surface area contributed by atoms with Gasteiger partial charge in [0.1, 0.15) is 5.78 Å². The predicted octanol–water partition coefficient (Wildman–Crippen LogP) is 3.25. The lowest BCUT2D eigenvalue weighted by Crippen LogP contribution is -2.47. The van der Waals surface area contributed by atoms with Gasteiger partial charge < -0.3 is 0 Å². The van der Waals surface area contributed by atoms with E-state index in [1.165, 1.54) is 5.56 Å². The van der Waals surface area contributed by atoms with Crippen LogP contribution < -0.4 is 0 Å². The van der Waals surface area contributed by atoms with Gasteiger partial charge in [-0.05, 0) is 30.4 Å². The van der Waals surface area contributed by atoms with Gasteiger partial charge in [0, 0.05) is 37.0 Å². The van der Waals surface area contributed by atoms with E-state index in [4.69, 9.17) is 11.6 Å². The standard InChI is InChI=1S/C15H18ClNO/c16-15-4-2-1-3-14(15)11-5-6-12-9-13(18)7-8-17(12)10-11/h1-4,11-12H,5-10H2/t11-,12+/m1/s1. The molecule has 0 aromatic heterocycles. The van der Waals surface area contributed by atoms with E-state index in [0.29, 0.717) is 17.7 Å². The van der Waals surface area contributed by atoms with Gasteiger partial charge in [-0.2, -0.15) is 0 Å². The van der Waals surface area contributed by atoms with Crippen LogP contribution in [0.4, 0.5) is 0 Å². The minimum Gasteiger partial charge on any atom is -0.300 e. The first-order valence-electron chi connectivity index (χ1n) is 6.74. The third kappa shape index (κ3) is 2.32. The molecule has 2 atom stereocenters.